The van der Waals surface area contributed by atoms with Crippen LogP contribution in [0.1, 0.15) is 24.6 Å². The van der Waals surface area contributed by atoms with E-state index in [1.165, 1.54) is 24.0 Å². The number of hydrogen-bond donors (Lipinski definition) is 2. The third-order valence-corrected chi connectivity index (χ3v) is 4.20. The van der Waals surface area contributed by atoms with Crippen LogP contribution in [0.25, 0.3) is 22.2 Å². The van der Waals surface area contributed by atoms with Gasteiger partial charge in [0.15, 0.2) is 0 Å². The fourth-order valence-electron chi connectivity index (χ4n) is 3.03. The van der Waals surface area contributed by atoms with E-state index in [1.54, 1.807) is 0 Å². The number of benzene rings is 1. The van der Waals surface area contributed by atoms with E-state index in [2.05, 4.69) is 33.5 Å². The number of aromatic amines is 1. The molecule has 2 aromatic heterocycles. The zero-order valence-electron chi connectivity index (χ0n) is 11.8. The molecule has 21 heavy (non-hydrogen) atoms. The Labute approximate surface area is 123 Å². The normalized spacial score (nSPS) is 19.0. The van der Waals surface area contributed by atoms with E-state index < -0.39 is 0 Å². The molecule has 1 fully saturated rings. The van der Waals surface area contributed by atoms with E-state index in [4.69, 9.17) is 4.98 Å². The van der Waals surface area contributed by atoms with Crippen molar-refractivity contribution in [3.8, 4) is 11.1 Å². The molecule has 0 radical (unpaired) electrons. The summed E-state index contributed by atoms with van der Waals surface area (Å²) in [6, 6.07) is 10.5. The highest BCUT2D eigenvalue weighted by Gasteiger charge is 2.18. The topological polar surface area (TPSA) is 53.6 Å². The molecule has 4 rings (SSSR count). The van der Waals surface area contributed by atoms with Crippen molar-refractivity contribution < 1.29 is 0 Å². The largest absolute Gasteiger partial charge is 0.342 e. The van der Waals surface area contributed by atoms with E-state index in [0.29, 0.717) is 5.92 Å². The first-order valence-electron chi connectivity index (χ1n) is 7.51. The van der Waals surface area contributed by atoms with Crippen molar-refractivity contribution in [1.29, 1.82) is 0 Å². The third kappa shape index (κ3) is 2.43. The van der Waals surface area contributed by atoms with Gasteiger partial charge in [-0.05, 0) is 54.8 Å². The average molecular weight is 278 g/mol. The smallest absolute Gasteiger partial charge is 0.111 e. The molecular weight excluding hydrogens is 260 g/mol. The first-order chi connectivity index (χ1) is 10.4. The van der Waals surface area contributed by atoms with Crippen molar-refractivity contribution in [2.75, 3.05) is 13.1 Å². The Morgan fingerprint density at radius 1 is 1.05 bits per heavy atom. The van der Waals surface area contributed by atoms with Gasteiger partial charge in [0.25, 0.3) is 0 Å². The van der Waals surface area contributed by atoms with E-state index in [0.717, 1.165) is 29.9 Å². The van der Waals surface area contributed by atoms with Crippen LogP contribution in [0.3, 0.4) is 0 Å². The monoisotopic (exact) mass is 278 g/mol. The summed E-state index contributed by atoms with van der Waals surface area (Å²) in [5.41, 5.74) is 4.54. The summed E-state index contributed by atoms with van der Waals surface area (Å²) in [7, 11) is 0. The molecule has 0 amide bonds. The molecule has 4 heteroatoms. The number of aromatic nitrogens is 3. The van der Waals surface area contributed by atoms with Crippen LogP contribution < -0.4 is 5.32 Å². The van der Waals surface area contributed by atoms with E-state index in [-0.39, 0.29) is 0 Å². The van der Waals surface area contributed by atoms with Gasteiger partial charge in [-0.25, -0.2) is 4.98 Å². The molecule has 0 aliphatic carbocycles. The average Bonchev–Trinajstić information content (AvgIpc) is 2.99. The number of hydrogen-bond acceptors (Lipinski definition) is 3. The van der Waals surface area contributed by atoms with Gasteiger partial charge in [0.05, 0.1) is 11.0 Å². The maximum atomic E-state index is 4.76. The minimum Gasteiger partial charge on any atom is -0.342 e. The quantitative estimate of drug-likeness (QED) is 0.757. The summed E-state index contributed by atoms with van der Waals surface area (Å²) < 4.78 is 0. The summed E-state index contributed by atoms with van der Waals surface area (Å²) >= 11 is 0. The van der Waals surface area contributed by atoms with Gasteiger partial charge in [0, 0.05) is 24.9 Å². The van der Waals surface area contributed by atoms with Gasteiger partial charge in [0.2, 0.25) is 0 Å². The molecule has 0 spiro atoms. The standard InChI is InChI=1S/C17H18N4/c1-2-14(11-19-7-1)17-20-15-4-3-13(10-16(15)21-17)12-5-8-18-9-6-12/h3-6,8-10,14,19H,1-2,7,11H2,(H,20,21). The Balaban J connectivity index is 1.71. The summed E-state index contributed by atoms with van der Waals surface area (Å²) in [4.78, 5) is 12.3. The van der Waals surface area contributed by atoms with Crippen LogP contribution in [0.2, 0.25) is 0 Å². The van der Waals surface area contributed by atoms with Gasteiger partial charge in [-0.3, -0.25) is 4.98 Å². The molecule has 106 valence electrons. The van der Waals surface area contributed by atoms with Crippen LogP contribution in [0.15, 0.2) is 42.7 Å². The van der Waals surface area contributed by atoms with Gasteiger partial charge in [0.1, 0.15) is 5.82 Å². The molecule has 4 nitrogen and oxygen atoms in total. The van der Waals surface area contributed by atoms with Crippen LogP contribution in [0.5, 0.6) is 0 Å². The first kappa shape index (κ1) is 12.5. The number of imidazole rings is 1. The van der Waals surface area contributed by atoms with Crippen LogP contribution in [0.4, 0.5) is 0 Å². The maximum absolute atomic E-state index is 4.76. The van der Waals surface area contributed by atoms with Gasteiger partial charge < -0.3 is 10.3 Å². The van der Waals surface area contributed by atoms with Crippen LogP contribution in [0, 0.1) is 0 Å². The second-order valence-electron chi connectivity index (χ2n) is 5.63. The van der Waals surface area contributed by atoms with Gasteiger partial charge in [-0.15, -0.1) is 0 Å². The van der Waals surface area contributed by atoms with Crippen molar-refractivity contribution in [3.63, 3.8) is 0 Å². The second kappa shape index (κ2) is 5.30. The third-order valence-electron chi connectivity index (χ3n) is 4.20. The van der Waals surface area contributed by atoms with E-state index >= 15 is 0 Å². The Bertz CT molecular complexity index is 742. The summed E-state index contributed by atoms with van der Waals surface area (Å²) in [5, 5.41) is 3.45. The highest BCUT2D eigenvalue weighted by Crippen LogP contribution is 2.26. The van der Waals surface area contributed by atoms with Crippen molar-refractivity contribution in [1.82, 2.24) is 20.3 Å². The van der Waals surface area contributed by atoms with E-state index in [9.17, 15) is 0 Å². The molecule has 0 bridgehead atoms. The minimum atomic E-state index is 0.510. The highest BCUT2D eigenvalue weighted by molar-refractivity contribution is 5.82. The van der Waals surface area contributed by atoms with Crippen LogP contribution in [-0.4, -0.2) is 28.0 Å². The van der Waals surface area contributed by atoms with Crippen molar-refractivity contribution in [2.45, 2.75) is 18.8 Å². The molecule has 1 unspecified atom stereocenters. The van der Waals surface area contributed by atoms with Gasteiger partial charge in [-0.1, -0.05) is 6.07 Å². The van der Waals surface area contributed by atoms with Crippen LogP contribution >= 0.6 is 0 Å². The van der Waals surface area contributed by atoms with Gasteiger partial charge in [-0.2, -0.15) is 0 Å². The zero-order valence-corrected chi connectivity index (χ0v) is 11.8. The number of fused-ring (bicyclic) bond motifs is 1. The number of nitrogens with one attached hydrogen (secondary N) is 2. The number of piperidine rings is 1. The molecule has 1 aliphatic heterocycles. The molecule has 3 heterocycles. The predicted octanol–water partition coefficient (Wildman–Crippen LogP) is 3.09. The van der Waals surface area contributed by atoms with Gasteiger partial charge >= 0.3 is 0 Å². The molecule has 1 atom stereocenters. The summed E-state index contributed by atoms with van der Waals surface area (Å²) in [6.07, 6.45) is 6.09. The Morgan fingerprint density at radius 3 is 2.76 bits per heavy atom. The lowest BCUT2D eigenvalue weighted by Gasteiger charge is -2.20. The maximum Gasteiger partial charge on any atom is 0.111 e. The summed E-state index contributed by atoms with van der Waals surface area (Å²) in [6.45, 7) is 2.15. The van der Waals surface area contributed by atoms with Crippen LogP contribution in [-0.2, 0) is 0 Å². The first-order valence-corrected chi connectivity index (χ1v) is 7.51. The number of H-pyrrole nitrogens is 1. The Morgan fingerprint density at radius 2 is 1.95 bits per heavy atom. The highest BCUT2D eigenvalue weighted by atomic mass is 15.0. The number of rotatable bonds is 2. The lowest BCUT2D eigenvalue weighted by atomic mass is 9.99. The number of pyridine rings is 1. The zero-order chi connectivity index (χ0) is 14.1. The van der Waals surface area contributed by atoms with E-state index in [1.807, 2.05) is 24.5 Å². The lowest BCUT2D eigenvalue weighted by molar-refractivity contribution is 0.449. The SMILES string of the molecule is c1cc(-c2ccc3nc(C4CCCNC4)[nH]c3c2)ccn1. The molecule has 0 saturated carbocycles. The molecule has 1 aliphatic rings. The number of nitrogens with zero attached hydrogens (tertiary/aromatic N) is 2. The van der Waals surface area contributed by atoms with Crippen molar-refractivity contribution in [3.05, 3.63) is 48.5 Å². The lowest BCUT2D eigenvalue weighted by Crippen LogP contribution is -2.28. The molecule has 1 aromatic carbocycles. The Hall–Kier alpha value is -2.20. The Kier molecular flexibility index (Phi) is 3.16. The summed E-state index contributed by atoms with van der Waals surface area (Å²) in [5.74, 6) is 1.62. The second-order valence-corrected chi connectivity index (χ2v) is 5.63. The molecular formula is C17H18N4. The fourth-order valence-corrected chi connectivity index (χ4v) is 3.03. The van der Waals surface area contributed by atoms with Crippen molar-refractivity contribution >= 4 is 11.0 Å². The molecule has 2 N–H and O–H groups in total. The van der Waals surface area contributed by atoms with Crippen molar-refractivity contribution in [2.24, 2.45) is 0 Å². The molecule has 3 aromatic rings. The minimum absolute atomic E-state index is 0.510. The molecule has 1 saturated heterocycles. The predicted molar refractivity (Wildman–Crippen MR) is 84.2 cm³/mol. The fraction of sp³-hybridized carbons (Fsp3) is 0.294.